The minimum Gasteiger partial charge on any atom is -0.326 e. The molecule has 1 fully saturated rings. The van der Waals surface area contributed by atoms with Gasteiger partial charge in [-0.15, -0.1) is 11.3 Å². The second-order valence-corrected chi connectivity index (χ2v) is 9.75. The molecule has 0 spiro atoms. The van der Waals surface area contributed by atoms with Crippen LogP contribution in [0.2, 0.25) is 0 Å². The lowest BCUT2D eigenvalue weighted by molar-refractivity contribution is -0.114. The van der Waals surface area contributed by atoms with Crippen molar-refractivity contribution >= 4 is 44.0 Å². The van der Waals surface area contributed by atoms with Crippen LogP contribution in [0.25, 0.3) is 11.3 Å². The molecule has 0 aliphatic heterocycles. The summed E-state index contributed by atoms with van der Waals surface area (Å²) in [6, 6.07) is 13.1. The number of nitrogens with zero attached hydrogens (tertiary/aromatic N) is 1. The van der Waals surface area contributed by atoms with Crippen molar-refractivity contribution in [2.75, 3.05) is 10.6 Å². The van der Waals surface area contributed by atoms with E-state index in [4.69, 9.17) is 0 Å². The summed E-state index contributed by atoms with van der Waals surface area (Å²) < 4.78 is 27.4. The maximum absolute atomic E-state index is 12.6. The van der Waals surface area contributed by atoms with Gasteiger partial charge in [0.25, 0.3) is 5.91 Å². The van der Waals surface area contributed by atoms with Gasteiger partial charge in [0.15, 0.2) is 5.13 Å². The average molecular weight is 457 g/mol. The van der Waals surface area contributed by atoms with Crippen molar-refractivity contribution in [3.8, 4) is 11.3 Å². The molecule has 8 nitrogen and oxygen atoms in total. The van der Waals surface area contributed by atoms with Gasteiger partial charge in [-0.25, -0.2) is 18.1 Å². The number of hydrogen-bond donors (Lipinski definition) is 3. The Morgan fingerprint density at radius 1 is 1.06 bits per heavy atom. The van der Waals surface area contributed by atoms with Gasteiger partial charge in [0.2, 0.25) is 15.9 Å². The number of sulfonamides is 1. The molecule has 160 valence electrons. The van der Waals surface area contributed by atoms with Gasteiger partial charge in [0.05, 0.1) is 10.6 Å². The predicted molar refractivity (Wildman–Crippen MR) is 120 cm³/mol. The van der Waals surface area contributed by atoms with E-state index in [0.717, 1.165) is 18.4 Å². The third kappa shape index (κ3) is 5.35. The SMILES string of the molecule is CC(=O)Nc1ccc(-c2csc(NC(=O)c3cccc(S(=O)(=O)NC4CC4)c3)n2)cc1. The van der Waals surface area contributed by atoms with Gasteiger partial charge in [-0.2, -0.15) is 0 Å². The lowest BCUT2D eigenvalue weighted by Gasteiger charge is -2.07. The molecule has 3 aromatic rings. The minimum absolute atomic E-state index is 0.0106. The highest BCUT2D eigenvalue weighted by Gasteiger charge is 2.28. The van der Waals surface area contributed by atoms with E-state index >= 15 is 0 Å². The maximum atomic E-state index is 12.6. The quantitative estimate of drug-likeness (QED) is 0.503. The Kier molecular flexibility index (Phi) is 5.86. The molecule has 0 unspecified atom stereocenters. The monoisotopic (exact) mass is 456 g/mol. The van der Waals surface area contributed by atoms with Crippen molar-refractivity contribution < 1.29 is 18.0 Å². The van der Waals surface area contributed by atoms with E-state index in [1.807, 2.05) is 17.5 Å². The fraction of sp³-hybridized carbons (Fsp3) is 0.190. The maximum Gasteiger partial charge on any atom is 0.257 e. The van der Waals surface area contributed by atoms with Crippen LogP contribution in [0.4, 0.5) is 10.8 Å². The van der Waals surface area contributed by atoms with Crippen LogP contribution in [-0.4, -0.2) is 31.3 Å². The number of rotatable bonds is 7. The number of hydrogen-bond acceptors (Lipinski definition) is 6. The van der Waals surface area contributed by atoms with E-state index in [2.05, 4.69) is 20.3 Å². The number of benzene rings is 2. The third-order valence-electron chi connectivity index (χ3n) is 4.53. The first-order chi connectivity index (χ1) is 14.8. The van der Waals surface area contributed by atoms with Gasteiger partial charge in [-0.1, -0.05) is 18.2 Å². The van der Waals surface area contributed by atoms with E-state index in [1.54, 1.807) is 24.3 Å². The molecular weight excluding hydrogens is 436 g/mol. The van der Waals surface area contributed by atoms with E-state index in [-0.39, 0.29) is 22.4 Å². The highest BCUT2D eigenvalue weighted by Crippen LogP contribution is 2.27. The van der Waals surface area contributed by atoms with Crippen LogP contribution in [0.5, 0.6) is 0 Å². The number of carbonyl (C=O) groups excluding carboxylic acids is 2. The molecule has 10 heteroatoms. The number of carbonyl (C=O) groups is 2. The minimum atomic E-state index is -3.64. The topological polar surface area (TPSA) is 117 Å². The van der Waals surface area contributed by atoms with E-state index < -0.39 is 15.9 Å². The highest BCUT2D eigenvalue weighted by atomic mass is 32.2. The second kappa shape index (κ2) is 8.58. The number of aromatic nitrogens is 1. The fourth-order valence-corrected chi connectivity index (χ4v) is 4.92. The van der Waals surface area contributed by atoms with Crippen LogP contribution in [0.1, 0.15) is 30.1 Å². The van der Waals surface area contributed by atoms with Crippen molar-refractivity contribution in [3.63, 3.8) is 0 Å². The molecule has 0 radical (unpaired) electrons. The second-order valence-electron chi connectivity index (χ2n) is 7.17. The summed E-state index contributed by atoms with van der Waals surface area (Å²) in [6.07, 6.45) is 1.67. The van der Waals surface area contributed by atoms with Crippen molar-refractivity contribution in [2.24, 2.45) is 0 Å². The molecule has 2 amide bonds. The summed E-state index contributed by atoms with van der Waals surface area (Å²) >= 11 is 1.27. The van der Waals surface area contributed by atoms with Gasteiger partial charge in [-0.05, 0) is 43.2 Å². The normalized spacial score (nSPS) is 13.6. The van der Waals surface area contributed by atoms with Gasteiger partial charge in [0.1, 0.15) is 0 Å². The van der Waals surface area contributed by atoms with Crippen molar-refractivity contribution in [2.45, 2.75) is 30.7 Å². The standard InChI is InChI=1S/C21H20N4O4S2/c1-13(26)22-16-7-5-14(6-8-16)19-12-30-21(23-19)24-20(27)15-3-2-4-18(11-15)31(28,29)25-17-9-10-17/h2-8,11-12,17,25H,9-10H2,1H3,(H,22,26)(H,23,24,27). The van der Waals surface area contributed by atoms with Crippen molar-refractivity contribution in [3.05, 3.63) is 59.5 Å². The zero-order valence-electron chi connectivity index (χ0n) is 16.6. The Hall–Kier alpha value is -3.08. The molecule has 1 aliphatic carbocycles. The molecule has 1 saturated carbocycles. The molecule has 1 heterocycles. The summed E-state index contributed by atoms with van der Waals surface area (Å²) in [5.41, 5.74) is 2.44. The molecule has 0 atom stereocenters. The summed E-state index contributed by atoms with van der Waals surface area (Å²) in [5, 5.41) is 7.62. The van der Waals surface area contributed by atoms with E-state index in [1.165, 1.54) is 30.4 Å². The lowest BCUT2D eigenvalue weighted by Crippen LogP contribution is -2.26. The Morgan fingerprint density at radius 3 is 2.48 bits per heavy atom. The summed E-state index contributed by atoms with van der Waals surface area (Å²) in [5.74, 6) is -0.586. The first-order valence-electron chi connectivity index (χ1n) is 9.57. The first-order valence-corrected chi connectivity index (χ1v) is 11.9. The Labute approximate surface area is 183 Å². The first kappa shape index (κ1) is 21.2. The van der Waals surface area contributed by atoms with Crippen LogP contribution in [0.15, 0.2) is 58.8 Å². The summed E-state index contributed by atoms with van der Waals surface area (Å²) in [4.78, 5) is 28.2. The lowest BCUT2D eigenvalue weighted by atomic mass is 10.1. The van der Waals surface area contributed by atoms with Crippen LogP contribution in [-0.2, 0) is 14.8 Å². The van der Waals surface area contributed by atoms with Gasteiger partial charge >= 0.3 is 0 Å². The van der Waals surface area contributed by atoms with E-state index in [0.29, 0.717) is 16.5 Å². The Balaban J connectivity index is 1.45. The molecule has 2 aromatic carbocycles. The zero-order chi connectivity index (χ0) is 22.0. The summed E-state index contributed by atoms with van der Waals surface area (Å²) in [7, 11) is -3.64. The van der Waals surface area contributed by atoms with Crippen molar-refractivity contribution in [1.82, 2.24) is 9.71 Å². The van der Waals surface area contributed by atoms with Gasteiger partial charge in [0, 0.05) is 35.2 Å². The van der Waals surface area contributed by atoms with Crippen LogP contribution < -0.4 is 15.4 Å². The molecule has 31 heavy (non-hydrogen) atoms. The number of thiazole rings is 1. The largest absolute Gasteiger partial charge is 0.326 e. The molecule has 1 aliphatic rings. The van der Waals surface area contributed by atoms with Crippen LogP contribution in [0, 0.1) is 0 Å². The fourth-order valence-electron chi connectivity index (χ4n) is 2.85. The third-order valence-corrected chi connectivity index (χ3v) is 6.81. The zero-order valence-corrected chi connectivity index (χ0v) is 18.2. The number of anilines is 2. The molecular formula is C21H20N4O4S2. The van der Waals surface area contributed by atoms with E-state index in [9.17, 15) is 18.0 Å². The van der Waals surface area contributed by atoms with Gasteiger partial charge in [-0.3, -0.25) is 14.9 Å². The summed E-state index contributed by atoms with van der Waals surface area (Å²) in [6.45, 7) is 1.44. The molecule has 0 bridgehead atoms. The van der Waals surface area contributed by atoms with Crippen LogP contribution >= 0.6 is 11.3 Å². The number of nitrogens with one attached hydrogen (secondary N) is 3. The predicted octanol–water partition coefficient (Wildman–Crippen LogP) is 3.46. The Morgan fingerprint density at radius 2 is 1.81 bits per heavy atom. The number of amides is 2. The molecule has 0 saturated heterocycles. The molecule has 1 aromatic heterocycles. The van der Waals surface area contributed by atoms with Gasteiger partial charge < -0.3 is 5.32 Å². The Bertz CT molecular complexity index is 1230. The van der Waals surface area contributed by atoms with Crippen LogP contribution in [0.3, 0.4) is 0 Å². The molecule has 3 N–H and O–H groups in total. The van der Waals surface area contributed by atoms with Crippen molar-refractivity contribution in [1.29, 1.82) is 0 Å². The average Bonchev–Trinajstić information content (AvgIpc) is 3.42. The highest BCUT2D eigenvalue weighted by molar-refractivity contribution is 7.89. The smallest absolute Gasteiger partial charge is 0.257 e. The molecule has 4 rings (SSSR count).